The molecule has 0 heterocycles. The van der Waals surface area contributed by atoms with E-state index in [2.05, 4.69) is 110 Å². The van der Waals surface area contributed by atoms with Gasteiger partial charge in [-0.1, -0.05) is 115 Å². The monoisotopic (exact) mass is 412 g/mol. The summed E-state index contributed by atoms with van der Waals surface area (Å²) in [6.45, 7) is 2.12. The number of benzene rings is 5. The van der Waals surface area contributed by atoms with Crippen LogP contribution in [0, 0.1) is 6.92 Å². The second kappa shape index (κ2) is 8.95. The SMILES string of the molecule is Cc1ccc(Oc2ccccc2-c2ccccc2)c(-c2ccccc2-c2ccccc2)c1. The van der Waals surface area contributed by atoms with E-state index in [-0.39, 0.29) is 0 Å². The van der Waals surface area contributed by atoms with E-state index in [1.54, 1.807) is 0 Å². The molecule has 0 amide bonds. The summed E-state index contributed by atoms with van der Waals surface area (Å²) in [6.07, 6.45) is 0. The molecule has 0 bridgehead atoms. The Morgan fingerprint density at radius 1 is 0.406 bits per heavy atom. The Bertz CT molecular complexity index is 1340. The first-order valence-electron chi connectivity index (χ1n) is 10.9. The van der Waals surface area contributed by atoms with Crippen LogP contribution in [0.3, 0.4) is 0 Å². The Balaban J connectivity index is 1.63. The number of ether oxygens (including phenoxy) is 1. The molecule has 0 aliphatic rings. The van der Waals surface area contributed by atoms with Gasteiger partial charge in [0.2, 0.25) is 0 Å². The molecule has 5 aromatic rings. The first-order chi connectivity index (χ1) is 15.8. The molecule has 0 saturated heterocycles. The highest BCUT2D eigenvalue weighted by Crippen LogP contribution is 2.41. The van der Waals surface area contributed by atoms with Crippen LogP contribution in [0.25, 0.3) is 33.4 Å². The van der Waals surface area contributed by atoms with Gasteiger partial charge in [-0.05, 0) is 47.4 Å². The van der Waals surface area contributed by atoms with Gasteiger partial charge in [-0.2, -0.15) is 0 Å². The summed E-state index contributed by atoms with van der Waals surface area (Å²) in [5, 5.41) is 0. The van der Waals surface area contributed by atoms with Crippen LogP contribution in [-0.4, -0.2) is 0 Å². The first-order valence-corrected chi connectivity index (χ1v) is 10.9. The largest absolute Gasteiger partial charge is 0.456 e. The van der Waals surface area contributed by atoms with Crippen molar-refractivity contribution in [2.75, 3.05) is 0 Å². The van der Waals surface area contributed by atoms with E-state index in [0.717, 1.165) is 33.8 Å². The lowest BCUT2D eigenvalue weighted by molar-refractivity contribution is 0.486. The van der Waals surface area contributed by atoms with Crippen molar-refractivity contribution >= 4 is 0 Å². The fourth-order valence-electron chi connectivity index (χ4n) is 4.06. The number of rotatable bonds is 5. The molecule has 0 saturated carbocycles. The van der Waals surface area contributed by atoms with E-state index in [9.17, 15) is 0 Å². The van der Waals surface area contributed by atoms with E-state index >= 15 is 0 Å². The summed E-state index contributed by atoms with van der Waals surface area (Å²) in [4.78, 5) is 0. The lowest BCUT2D eigenvalue weighted by Crippen LogP contribution is -1.93. The summed E-state index contributed by atoms with van der Waals surface area (Å²) in [7, 11) is 0. The Morgan fingerprint density at radius 3 is 1.59 bits per heavy atom. The Hall–Kier alpha value is -4.10. The minimum atomic E-state index is 0.848. The van der Waals surface area contributed by atoms with Crippen molar-refractivity contribution in [2.24, 2.45) is 0 Å². The van der Waals surface area contributed by atoms with Gasteiger partial charge < -0.3 is 4.74 Å². The van der Waals surface area contributed by atoms with Crippen LogP contribution in [-0.2, 0) is 0 Å². The molecule has 0 aliphatic heterocycles. The van der Waals surface area contributed by atoms with E-state index in [1.807, 2.05) is 24.3 Å². The fraction of sp³-hybridized carbons (Fsp3) is 0.0323. The minimum absolute atomic E-state index is 0.848. The molecule has 0 radical (unpaired) electrons. The maximum atomic E-state index is 6.60. The second-order valence-electron chi connectivity index (χ2n) is 7.88. The summed E-state index contributed by atoms with van der Waals surface area (Å²) in [6, 6.07) is 44.0. The molecule has 0 N–H and O–H groups in total. The molecule has 5 rings (SSSR count). The molecular weight excluding hydrogens is 388 g/mol. The predicted molar refractivity (Wildman–Crippen MR) is 134 cm³/mol. The molecule has 5 aromatic carbocycles. The van der Waals surface area contributed by atoms with Crippen molar-refractivity contribution < 1.29 is 4.74 Å². The molecule has 0 spiro atoms. The number of para-hydroxylation sites is 1. The third-order valence-electron chi connectivity index (χ3n) is 5.63. The van der Waals surface area contributed by atoms with Crippen LogP contribution >= 0.6 is 0 Å². The van der Waals surface area contributed by atoms with Gasteiger partial charge in [-0.3, -0.25) is 0 Å². The zero-order chi connectivity index (χ0) is 21.8. The zero-order valence-electron chi connectivity index (χ0n) is 18.0. The molecule has 1 heteroatoms. The Morgan fingerprint density at radius 2 is 0.906 bits per heavy atom. The van der Waals surface area contributed by atoms with Crippen molar-refractivity contribution in [3.05, 3.63) is 133 Å². The van der Waals surface area contributed by atoms with Crippen molar-refractivity contribution in [3.8, 4) is 44.9 Å². The quantitative estimate of drug-likeness (QED) is 0.280. The van der Waals surface area contributed by atoms with E-state index in [1.165, 1.54) is 16.7 Å². The zero-order valence-corrected chi connectivity index (χ0v) is 18.0. The number of hydrogen-bond acceptors (Lipinski definition) is 1. The predicted octanol–water partition coefficient (Wildman–Crippen LogP) is 8.79. The van der Waals surface area contributed by atoms with Crippen LogP contribution in [0.4, 0.5) is 0 Å². The lowest BCUT2D eigenvalue weighted by atomic mass is 9.93. The highest BCUT2D eigenvalue weighted by atomic mass is 16.5. The van der Waals surface area contributed by atoms with Crippen LogP contribution in [0.5, 0.6) is 11.5 Å². The van der Waals surface area contributed by atoms with Gasteiger partial charge in [-0.25, -0.2) is 0 Å². The van der Waals surface area contributed by atoms with E-state index < -0.39 is 0 Å². The topological polar surface area (TPSA) is 9.23 Å². The molecule has 0 aliphatic carbocycles. The Kier molecular flexibility index (Phi) is 5.55. The molecule has 0 unspecified atom stereocenters. The van der Waals surface area contributed by atoms with Crippen molar-refractivity contribution in [2.45, 2.75) is 6.92 Å². The van der Waals surface area contributed by atoms with Crippen molar-refractivity contribution in [3.63, 3.8) is 0 Å². The van der Waals surface area contributed by atoms with Gasteiger partial charge in [0, 0.05) is 11.1 Å². The van der Waals surface area contributed by atoms with Gasteiger partial charge in [-0.15, -0.1) is 0 Å². The fourth-order valence-corrected chi connectivity index (χ4v) is 4.06. The number of hydrogen-bond donors (Lipinski definition) is 0. The van der Waals surface area contributed by atoms with Gasteiger partial charge in [0.05, 0.1) is 0 Å². The molecular formula is C31H24O. The third kappa shape index (κ3) is 4.06. The Labute approximate surface area is 189 Å². The standard InChI is InChI=1S/C31H24O/c1-23-20-21-31(32-30-19-11-10-17-27(30)25-14-6-3-7-15-25)29(22-23)28-18-9-8-16-26(28)24-12-4-2-5-13-24/h2-22H,1H3. The molecule has 32 heavy (non-hydrogen) atoms. The second-order valence-corrected chi connectivity index (χ2v) is 7.88. The smallest absolute Gasteiger partial charge is 0.135 e. The van der Waals surface area contributed by atoms with Gasteiger partial charge in [0.25, 0.3) is 0 Å². The number of aryl methyl sites for hydroxylation is 1. The van der Waals surface area contributed by atoms with Crippen molar-refractivity contribution in [1.82, 2.24) is 0 Å². The maximum Gasteiger partial charge on any atom is 0.135 e. The van der Waals surface area contributed by atoms with Gasteiger partial charge in [0.15, 0.2) is 0 Å². The molecule has 154 valence electrons. The summed E-state index contributed by atoms with van der Waals surface area (Å²) >= 11 is 0. The minimum Gasteiger partial charge on any atom is -0.456 e. The highest BCUT2D eigenvalue weighted by molar-refractivity contribution is 5.86. The average molecular weight is 413 g/mol. The first kappa shape index (κ1) is 19.8. The van der Waals surface area contributed by atoms with Crippen LogP contribution in [0.2, 0.25) is 0 Å². The van der Waals surface area contributed by atoms with Crippen LogP contribution in [0.1, 0.15) is 5.56 Å². The summed E-state index contributed by atoms with van der Waals surface area (Å²) in [5.74, 6) is 1.70. The van der Waals surface area contributed by atoms with Gasteiger partial charge in [0.1, 0.15) is 11.5 Å². The maximum absolute atomic E-state index is 6.60. The van der Waals surface area contributed by atoms with Crippen LogP contribution < -0.4 is 4.74 Å². The average Bonchev–Trinajstić information content (AvgIpc) is 2.86. The third-order valence-corrected chi connectivity index (χ3v) is 5.63. The van der Waals surface area contributed by atoms with E-state index in [4.69, 9.17) is 4.74 Å². The van der Waals surface area contributed by atoms with Gasteiger partial charge >= 0.3 is 0 Å². The molecule has 0 aromatic heterocycles. The summed E-state index contributed by atoms with van der Waals surface area (Å²) < 4.78 is 6.60. The lowest BCUT2D eigenvalue weighted by Gasteiger charge is -2.17. The highest BCUT2D eigenvalue weighted by Gasteiger charge is 2.14. The van der Waals surface area contributed by atoms with E-state index in [0.29, 0.717) is 0 Å². The summed E-state index contributed by atoms with van der Waals surface area (Å²) in [5.41, 5.74) is 8.06. The van der Waals surface area contributed by atoms with Crippen LogP contribution in [0.15, 0.2) is 127 Å². The molecule has 0 fully saturated rings. The molecule has 0 atom stereocenters. The molecule has 1 nitrogen and oxygen atoms in total. The normalized spacial score (nSPS) is 10.7. The van der Waals surface area contributed by atoms with Crippen molar-refractivity contribution in [1.29, 1.82) is 0 Å².